The molecular weight excluding hydrogens is 460 g/mol. The zero-order valence-corrected chi connectivity index (χ0v) is 18.2. The molecule has 0 bridgehead atoms. The average Bonchev–Trinajstić information content (AvgIpc) is 3.44. The first-order valence-electron chi connectivity index (χ1n) is 10.4. The number of non-ortho nitro benzene ring substituents is 2. The van der Waals surface area contributed by atoms with Crippen molar-refractivity contribution in [3.63, 3.8) is 0 Å². The van der Waals surface area contributed by atoms with Gasteiger partial charge in [0, 0.05) is 34.7 Å². The highest BCUT2D eigenvalue weighted by atomic mass is 16.6. The van der Waals surface area contributed by atoms with Gasteiger partial charge >= 0.3 is 0 Å². The van der Waals surface area contributed by atoms with E-state index in [1.54, 1.807) is 12.1 Å². The minimum Gasteiger partial charge on any atom is -0.258 e. The molecule has 3 aromatic rings. The van der Waals surface area contributed by atoms with Crippen LogP contribution in [0, 0.1) is 56.0 Å². The predicted molar refractivity (Wildman–Crippen MR) is 127 cm³/mol. The third kappa shape index (κ3) is 2.93. The van der Waals surface area contributed by atoms with Gasteiger partial charge < -0.3 is 0 Å². The Balaban J connectivity index is 2.09. The SMILES string of the molecule is [C-]#[N+]/C(C#N)=c1/c2c(/c(=C(\C#N)[N+]#[C-])c3c1-c1cc([N+](=O)[O-])ccc1C3)-c1cc([N+](=O)[O-])ccc1C2. The standard InChI is InChI=1S/C26H10N6O4/c1-29-21(11-27)25-19-7-13-3-5-16(32(35)36)10-18(13)24(19)26(22(12-28)30-2)20-8-14-4-6-15(31(33)34)9-17(14)23(20)25/h3-6,9-10H,7-8H2/b25-21-,26-22+. The van der Waals surface area contributed by atoms with E-state index in [0.717, 1.165) is 0 Å². The van der Waals surface area contributed by atoms with Crippen molar-refractivity contribution >= 4 is 22.8 Å². The first-order chi connectivity index (χ1) is 17.3. The van der Waals surface area contributed by atoms with Crippen molar-refractivity contribution in [2.24, 2.45) is 0 Å². The number of hydrogen-bond donors (Lipinski definition) is 0. The highest BCUT2D eigenvalue weighted by Crippen LogP contribution is 2.42. The van der Waals surface area contributed by atoms with E-state index < -0.39 is 9.85 Å². The summed E-state index contributed by atoms with van der Waals surface area (Å²) >= 11 is 0. The van der Waals surface area contributed by atoms with E-state index in [9.17, 15) is 30.8 Å². The van der Waals surface area contributed by atoms with Gasteiger partial charge in [-0.1, -0.05) is 12.1 Å². The lowest BCUT2D eigenvalue weighted by molar-refractivity contribution is -0.385. The van der Waals surface area contributed by atoms with Gasteiger partial charge in [-0.25, -0.2) is 20.2 Å². The van der Waals surface area contributed by atoms with Crippen LogP contribution in [0.15, 0.2) is 36.4 Å². The van der Waals surface area contributed by atoms with Crippen molar-refractivity contribution in [2.45, 2.75) is 12.8 Å². The van der Waals surface area contributed by atoms with Crippen molar-refractivity contribution in [3.8, 4) is 34.4 Å². The largest absolute Gasteiger partial charge is 0.270 e. The molecule has 0 atom stereocenters. The summed E-state index contributed by atoms with van der Waals surface area (Å²) < 4.78 is 0. The minimum atomic E-state index is -0.545. The maximum absolute atomic E-state index is 11.5. The van der Waals surface area contributed by atoms with Gasteiger partial charge in [0.1, 0.15) is 0 Å². The average molecular weight is 470 g/mol. The molecule has 0 heterocycles. The summed E-state index contributed by atoms with van der Waals surface area (Å²) in [4.78, 5) is 28.7. The maximum atomic E-state index is 11.5. The molecule has 0 fully saturated rings. The van der Waals surface area contributed by atoms with Crippen LogP contribution in [0.4, 0.5) is 11.4 Å². The Kier molecular flexibility index (Phi) is 4.81. The first-order valence-corrected chi connectivity index (χ1v) is 10.4. The predicted octanol–water partition coefficient (Wildman–Crippen LogP) is 3.75. The van der Waals surface area contributed by atoms with Gasteiger partial charge in [-0.15, -0.1) is 0 Å². The molecule has 3 aromatic carbocycles. The number of nitriles is 2. The highest BCUT2D eigenvalue weighted by molar-refractivity contribution is 5.93. The molecule has 0 amide bonds. The van der Waals surface area contributed by atoms with Crippen LogP contribution in [-0.2, 0) is 12.8 Å². The lowest BCUT2D eigenvalue weighted by Crippen LogP contribution is -2.25. The Hall–Kier alpha value is -5.84. The molecule has 0 radical (unpaired) electrons. The fraction of sp³-hybridized carbons (Fsp3) is 0.0769. The van der Waals surface area contributed by atoms with Gasteiger partial charge in [0.05, 0.1) is 35.1 Å². The molecular formula is C26H10N6O4. The van der Waals surface area contributed by atoms with Crippen LogP contribution < -0.4 is 10.4 Å². The lowest BCUT2D eigenvalue weighted by Gasteiger charge is -2.13. The third-order valence-electron chi connectivity index (χ3n) is 6.50. The molecule has 2 aliphatic carbocycles. The van der Waals surface area contributed by atoms with Crippen molar-refractivity contribution in [1.29, 1.82) is 10.5 Å². The number of rotatable bonds is 2. The summed E-state index contributed by atoms with van der Waals surface area (Å²) in [7, 11) is 0. The molecule has 0 unspecified atom stereocenters. The summed E-state index contributed by atoms with van der Waals surface area (Å²) in [5.74, 6) is 0. The van der Waals surface area contributed by atoms with Crippen molar-refractivity contribution < 1.29 is 9.85 Å². The Morgan fingerprint density at radius 2 is 1.17 bits per heavy atom. The molecule has 0 N–H and O–H groups in total. The van der Waals surface area contributed by atoms with E-state index in [1.807, 2.05) is 12.1 Å². The molecule has 0 saturated heterocycles. The van der Waals surface area contributed by atoms with E-state index in [4.69, 9.17) is 13.1 Å². The number of nitrogens with zero attached hydrogens (tertiary/aromatic N) is 6. The van der Waals surface area contributed by atoms with Crippen LogP contribution >= 0.6 is 0 Å². The molecule has 0 aliphatic heterocycles. The van der Waals surface area contributed by atoms with E-state index >= 15 is 0 Å². The van der Waals surface area contributed by atoms with Crippen LogP contribution in [0.2, 0.25) is 0 Å². The van der Waals surface area contributed by atoms with E-state index in [0.29, 0.717) is 44.5 Å². The third-order valence-corrected chi connectivity index (χ3v) is 6.50. The molecule has 36 heavy (non-hydrogen) atoms. The summed E-state index contributed by atoms with van der Waals surface area (Å²) in [5.41, 5.74) is 3.25. The van der Waals surface area contributed by atoms with Crippen molar-refractivity contribution in [2.75, 3.05) is 0 Å². The van der Waals surface area contributed by atoms with Crippen LogP contribution in [0.3, 0.4) is 0 Å². The van der Waals surface area contributed by atoms with Crippen LogP contribution in [0.25, 0.3) is 43.3 Å². The fourth-order valence-electron chi connectivity index (χ4n) is 5.11. The Morgan fingerprint density at radius 3 is 1.47 bits per heavy atom. The van der Waals surface area contributed by atoms with Gasteiger partial charge in [0.2, 0.25) is 0 Å². The van der Waals surface area contributed by atoms with Gasteiger partial charge in [-0.05, 0) is 57.3 Å². The van der Waals surface area contributed by atoms with Crippen molar-refractivity contribution in [3.05, 3.63) is 112 Å². The summed E-state index contributed by atoms with van der Waals surface area (Å²) in [6.45, 7) is 15.3. The van der Waals surface area contributed by atoms with E-state index in [-0.39, 0.29) is 46.0 Å². The number of nitro benzene ring substituents is 2. The summed E-state index contributed by atoms with van der Waals surface area (Å²) in [5, 5.41) is 43.2. The Morgan fingerprint density at radius 1 is 0.778 bits per heavy atom. The fourth-order valence-corrected chi connectivity index (χ4v) is 5.11. The molecule has 2 aliphatic rings. The number of hydrogen-bond acceptors (Lipinski definition) is 6. The molecule has 10 nitrogen and oxygen atoms in total. The normalized spacial score (nSPS) is 13.4. The maximum Gasteiger partial charge on any atom is 0.270 e. The lowest BCUT2D eigenvalue weighted by atomic mass is 9.90. The Labute approximate surface area is 202 Å². The van der Waals surface area contributed by atoms with Gasteiger partial charge in [0.15, 0.2) is 0 Å². The Bertz CT molecular complexity index is 1720. The van der Waals surface area contributed by atoms with E-state index in [1.165, 1.54) is 24.3 Å². The number of nitro groups is 2. The van der Waals surface area contributed by atoms with Gasteiger partial charge in [-0.3, -0.25) is 20.2 Å². The molecule has 5 rings (SSSR count). The van der Waals surface area contributed by atoms with Gasteiger partial charge in [0.25, 0.3) is 22.8 Å². The quantitative estimate of drug-likeness (QED) is 0.218. The van der Waals surface area contributed by atoms with Crippen molar-refractivity contribution in [1.82, 2.24) is 0 Å². The smallest absolute Gasteiger partial charge is 0.258 e. The summed E-state index contributed by atoms with van der Waals surface area (Å²) in [6, 6.07) is 12.4. The second kappa shape index (κ2) is 7.88. The van der Waals surface area contributed by atoms with Crippen LogP contribution in [-0.4, -0.2) is 9.85 Å². The molecule has 168 valence electrons. The number of benzene rings is 3. The topological polar surface area (TPSA) is 143 Å². The molecule has 0 spiro atoms. The first kappa shape index (κ1) is 22.0. The molecule has 0 aromatic heterocycles. The second-order valence-corrected chi connectivity index (χ2v) is 8.15. The molecule has 10 heteroatoms. The summed E-state index contributed by atoms with van der Waals surface area (Å²) in [6.07, 6.45) is 0.417. The minimum absolute atomic E-state index is 0.176. The zero-order valence-electron chi connectivity index (χ0n) is 18.2. The van der Waals surface area contributed by atoms with E-state index in [2.05, 4.69) is 9.69 Å². The zero-order chi connectivity index (χ0) is 25.7. The highest BCUT2D eigenvalue weighted by Gasteiger charge is 2.33. The van der Waals surface area contributed by atoms with Crippen LogP contribution in [0.1, 0.15) is 22.3 Å². The van der Waals surface area contributed by atoms with Gasteiger partial charge in [-0.2, -0.15) is 0 Å². The monoisotopic (exact) mass is 470 g/mol. The second-order valence-electron chi connectivity index (χ2n) is 8.15. The number of fused-ring (bicyclic) bond motifs is 6. The van der Waals surface area contributed by atoms with Crippen LogP contribution in [0.5, 0.6) is 0 Å². The molecule has 0 saturated carbocycles.